The SMILES string of the molecule is Cc1ccc(-n2nc(C(C)(C)C)cc2NC(=O)Nc2ccc(-c3ccc(=O)[nH]c3)c3ccccc23)cc1. The lowest BCUT2D eigenvalue weighted by Gasteiger charge is -2.14. The Kier molecular flexibility index (Phi) is 6.13. The van der Waals surface area contributed by atoms with E-state index in [4.69, 9.17) is 5.10 Å². The largest absolute Gasteiger partial charge is 0.328 e. The van der Waals surface area contributed by atoms with Crippen LogP contribution >= 0.6 is 0 Å². The van der Waals surface area contributed by atoms with Crippen LogP contribution in [-0.2, 0) is 5.41 Å². The molecule has 37 heavy (non-hydrogen) atoms. The summed E-state index contributed by atoms with van der Waals surface area (Å²) >= 11 is 0. The number of H-pyrrole nitrogens is 1. The number of aromatic nitrogens is 3. The minimum Gasteiger partial charge on any atom is -0.328 e. The zero-order chi connectivity index (χ0) is 26.2. The number of aryl methyl sites for hydroxylation is 1. The highest BCUT2D eigenvalue weighted by atomic mass is 16.2. The number of hydrogen-bond acceptors (Lipinski definition) is 3. The second kappa shape index (κ2) is 9.43. The number of nitrogens with zero attached hydrogens (tertiary/aromatic N) is 2. The van der Waals surface area contributed by atoms with Gasteiger partial charge in [0.15, 0.2) is 0 Å². The lowest BCUT2D eigenvalue weighted by molar-refractivity contribution is 0.262. The molecule has 0 fully saturated rings. The lowest BCUT2D eigenvalue weighted by Crippen LogP contribution is -2.21. The number of hydrogen-bond donors (Lipinski definition) is 3. The highest BCUT2D eigenvalue weighted by Crippen LogP contribution is 2.33. The van der Waals surface area contributed by atoms with Crippen LogP contribution in [0.5, 0.6) is 0 Å². The van der Waals surface area contributed by atoms with Crippen LogP contribution in [0.15, 0.2) is 89.9 Å². The zero-order valence-electron chi connectivity index (χ0n) is 21.3. The molecule has 7 heteroatoms. The van der Waals surface area contributed by atoms with Gasteiger partial charge in [0.1, 0.15) is 5.82 Å². The van der Waals surface area contributed by atoms with E-state index in [1.54, 1.807) is 16.9 Å². The Morgan fingerprint density at radius 2 is 1.62 bits per heavy atom. The third kappa shape index (κ3) is 5.02. The molecular weight excluding hydrogens is 462 g/mol. The van der Waals surface area contributed by atoms with E-state index < -0.39 is 0 Å². The van der Waals surface area contributed by atoms with Crippen LogP contribution in [0.4, 0.5) is 16.3 Å². The molecule has 2 amide bonds. The quantitative estimate of drug-likeness (QED) is 0.263. The molecule has 2 aromatic heterocycles. The number of anilines is 2. The summed E-state index contributed by atoms with van der Waals surface area (Å²) < 4.78 is 1.76. The topological polar surface area (TPSA) is 91.8 Å². The molecule has 0 radical (unpaired) electrons. The molecule has 3 aromatic carbocycles. The zero-order valence-corrected chi connectivity index (χ0v) is 21.3. The van der Waals surface area contributed by atoms with Gasteiger partial charge in [0.2, 0.25) is 5.56 Å². The van der Waals surface area contributed by atoms with Gasteiger partial charge in [-0.1, -0.05) is 68.8 Å². The van der Waals surface area contributed by atoms with Crippen LogP contribution in [0.1, 0.15) is 32.0 Å². The number of pyridine rings is 1. The molecule has 0 saturated heterocycles. The van der Waals surface area contributed by atoms with E-state index in [0.717, 1.165) is 38.8 Å². The highest BCUT2D eigenvalue weighted by Gasteiger charge is 2.22. The predicted octanol–water partition coefficient (Wildman–Crippen LogP) is 6.63. The van der Waals surface area contributed by atoms with Gasteiger partial charge in [-0.05, 0) is 47.7 Å². The van der Waals surface area contributed by atoms with Crippen molar-refractivity contribution in [1.82, 2.24) is 14.8 Å². The van der Waals surface area contributed by atoms with E-state index in [1.807, 2.05) is 73.7 Å². The van der Waals surface area contributed by atoms with Crippen molar-refractivity contribution in [3.63, 3.8) is 0 Å². The third-order valence-electron chi connectivity index (χ3n) is 6.27. The number of carbonyl (C=O) groups excluding carboxylic acids is 1. The maximum absolute atomic E-state index is 13.2. The van der Waals surface area contributed by atoms with Crippen LogP contribution < -0.4 is 16.2 Å². The maximum atomic E-state index is 13.2. The Morgan fingerprint density at radius 1 is 0.892 bits per heavy atom. The molecule has 0 aliphatic heterocycles. The smallest absolute Gasteiger partial charge is 0.324 e. The molecule has 186 valence electrons. The first-order valence-electron chi connectivity index (χ1n) is 12.2. The number of amides is 2. The monoisotopic (exact) mass is 491 g/mol. The lowest BCUT2D eigenvalue weighted by atomic mass is 9.92. The second-order valence-corrected chi connectivity index (χ2v) is 10.1. The summed E-state index contributed by atoms with van der Waals surface area (Å²) in [5.74, 6) is 0.584. The Balaban J connectivity index is 1.47. The van der Waals surface area contributed by atoms with E-state index >= 15 is 0 Å². The summed E-state index contributed by atoms with van der Waals surface area (Å²) in [6, 6.07) is 24.5. The minimum atomic E-state index is -0.365. The van der Waals surface area contributed by atoms with E-state index in [0.29, 0.717) is 11.5 Å². The fraction of sp³-hybridized carbons (Fsp3) is 0.167. The number of rotatable bonds is 4. The molecule has 0 atom stereocenters. The summed E-state index contributed by atoms with van der Waals surface area (Å²) in [7, 11) is 0. The first-order chi connectivity index (χ1) is 17.7. The van der Waals surface area contributed by atoms with Crippen molar-refractivity contribution in [2.75, 3.05) is 10.6 Å². The summed E-state index contributed by atoms with van der Waals surface area (Å²) in [5, 5.41) is 12.6. The van der Waals surface area contributed by atoms with E-state index in [1.165, 1.54) is 6.07 Å². The van der Waals surface area contributed by atoms with Gasteiger partial charge in [0.05, 0.1) is 17.1 Å². The molecular formula is C30H29N5O2. The Morgan fingerprint density at radius 3 is 2.30 bits per heavy atom. The first kappa shape index (κ1) is 24.1. The van der Waals surface area contributed by atoms with Crippen molar-refractivity contribution in [1.29, 1.82) is 0 Å². The standard InChI is InChI=1S/C30H29N5O2/c1-19-9-12-21(13-10-19)35-27(17-26(34-35)30(2,3)4)33-29(37)32-25-15-14-22(20-11-16-28(36)31-18-20)23-7-5-6-8-24(23)25/h5-18H,1-4H3,(H,31,36)(H2,32,33,37). The molecule has 7 nitrogen and oxygen atoms in total. The number of benzene rings is 3. The second-order valence-electron chi connectivity index (χ2n) is 10.1. The van der Waals surface area contributed by atoms with Crippen molar-refractivity contribution in [3.05, 3.63) is 107 Å². The first-order valence-corrected chi connectivity index (χ1v) is 12.2. The Bertz CT molecular complexity index is 1640. The number of aromatic amines is 1. The van der Waals surface area contributed by atoms with Crippen LogP contribution in [0.2, 0.25) is 0 Å². The Labute approximate surface area is 215 Å². The van der Waals surface area contributed by atoms with Gasteiger partial charge >= 0.3 is 6.03 Å². The van der Waals surface area contributed by atoms with E-state index in [9.17, 15) is 9.59 Å². The van der Waals surface area contributed by atoms with Crippen molar-refractivity contribution < 1.29 is 4.79 Å². The van der Waals surface area contributed by atoms with Gasteiger partial charge in [-0.2, -0.15) is 5.10 Å². The van der Waals surface area contributed by atoms with Gasteiger partial charge in [-0.25, -0.2) is 9.48 Å². The van der Waals surface area contributed by atoms with E-state index in [2.05, 4.69) is 36.4 Å². The molecule has 0 saturated carbocycles. The van der Waals surface area contributed by atoms with Crippen molar-refractivity contribution >= 4 is 28.3 Å². The molecule has 5 aromatic rings. The molecule has 0 spiro atoms. The molecule has 0 aliphatic carbocycles. The molecule has 0 bridgehead atoms. The molecule has 0 unspecified atom stereocenters. The van der Waals surface area contributed by atoms with Gasteiger partial charge < -0.3 is 10.3 Å². The highest BCUT2D eigenvalue weighted by molar-refractivity contribution is 6.09. The summed E-state index contributed by atoms with van der Waals surface area (Å²) in [4.78, 5) is 27.5. The summed E-state index contributed by atoms with van der Waals surface area (Å²) in [5.41, 5.74) is 5.09. The normalized spacial score (nSPS) is 11.5. The summed E-state index contributed by atoms with van der Waals surface area (Å²) in [6.07, 6.45) is 1.70. The number of urea groups is 1. The average Bonchev–Trinajstić information content (AvgIpc) is 3.29. The Hall–Kier alpha value is -4.65. The van der Waals surface area contributed by atoms with Crippen LogP contribution in [0.3, 0.4) is 0 Å². The van der Waals surface area contributed by atoms with Crippen molar-refractivity contribution in [3.8, 4) is 16.8 Å². The van der Waals surface area contributed by atoms with Gasteiger partial charge in [-0.15, -0.1) is 0 Å². The summed E-state index contributed by atoms with van der Waals surface area (Å²) in [6.45, 7) is 8.31. The maximum Gasteiger partial charge on any atom is 0.324 e. The van der Waals surface area contributed by atoms with Crippen LogP contribution in [-0.4, -0.2) is 20.8 Å². The van der Waals surface area contributed by atoms with Gasteiger partial charge in [0, 0.05) is 29.1 Å². The minimum absolute atomic E-state index is 0.150. The number of fused-ring (bicyclic) bond motifs is 1. The van der Waals surface area contributed by atoms with Gasteiger partial charge in [-0.3, -0.25) is 10.1 Å². The molecule has 2 heterocycles. The van der Waals surface area contributed by atoms with E-state index in [-0.39, 0.29) is 17.0 Å². The fourth-order valence-corrected chi connectivity index (χ4v) is 4.23. The predicted molar refractivity (Wildman–Crippen MR) is 150 cm³/mol. The average molecular weight is 492 g/mol. The number of nitrogens with one attached hydrogen (secondary N) is 3. The molecule has 5 rings (SSSR count). The molecule has 3 N–H and O–H groups in total. The van der Waals surface area contributed by atoms with Crippen LogP contribution in [0.25, 0.3) is 27.6 Å². The number of carbonyl (C=O) groups is 1. The third-order valence-corrected chi connectivity index (χ3v) is 6.27. The molecule has 0 aliphatic rings. The fourth-order valence-electron chi connectivity index (χ4n) is 4.23. The van der Waals surface area contributed by atoms with Crippen LogP contribution in [0, 0.1) is 6.92 Å². The van der Waals surface area contributed by atoms with Crippen molar-refractivity contribution in [2.45, 2.75) is 33.1 Å². The van der Waals surface area contributed by atoms with Crippen molar-refractivity contribution in [2.24, 2.45) is 0 Å². The van der Waals surface area contributed by atoms with Gasteiger partial charge in [0.25, 0.3) is 0 Å².